The lowest BCUT2D eigenvalue weighted by molar-refractivity contribution is -0.132. The highest BCUT2D eigenvalue weighted by Gasteiger charge is 2.38. The zero-order valence-electron chi connectivity index (χ0n) is 8.80. The summed E-state index contributed by atoms with van der Waals surface area (Å²) in [4.78, 5) is 27.4. The number of nitrogens with one attached hydrogen (secondary N) is 1. The van der Waals surface area contributed by atoms with Crippen LogP contribution in [0.25, 0.3) is 0 Å². The second kappa shape index (κ2) is 3.76. The molecule has 1 amide bonds. The molecule has 7 nitrogen and oxygen atoms in total. The van der Waals surface area contributed by atoms with Gasteiger partial charge in [-0.3, -0.25) is 9.59 Å². The third-order valence-corrected chi connectivity index (χ3v) is 2.55. The number of carbonyl (C=O) groups is 2. The van der Waals surface area contributed by atoms with Gasteiger partial charge in [0.05, 0.1) is 0 Å². The summed E-state index contributed by atoms with van der Waals surface area (Å²) in [7, 11) is 0. The lowest BCUT2D eigenvalue weighted by atomic mass is 10.2. The molecule has 0 bridgehead atoms. The van der Waals surface area contributed by atoms with E-state index in [1.165, 1.54) is 11.2 Å². The first-order valence-electron chi connectivity index (χ1n) is 4.62. The summed E-state index contributed by atoms with van der Waals surface area (Å²) >= 11 is 0. The number of rotatable bonds is 3. The van der Waals surface area contributed by atoms with Crippen LogP contribution in [-0.4, -0.2) is 33.8 Å². The highest BCUT2D eigenvalue weighted by molar-refractivity contribution is 6.08. The standard InChI is InChI=1S/C9H10N4O3/c1-5-6(2)8(16-4-14)13(7(5)15)9-10-3-11-12-9/h3-4,8H,1-2H3,(H,10,11,12). The topological polar surface area (TPSA) is 88.2 Å². The Bertz CT molecular complexity index is 451. The Morgan fingerprint density at radius 3 is 2.88 bits per heavy atom. The Morgan fingerprint density at radius 2 is 2.31 bits per heavy atom. The molecule has 0 fully saturated rings. The van der Waals surface area contributed by atoms with Crippen LogP contribution in [0.4, 0.5) is 5.95 Å². The summed E-state index contributed by atoms with van der Waals surface area (Å²) in [5.41, 5.74) is 1.23. The number of hydrogen-bond donors (Lipinski definition) is 1. The van der Waals surface area contributed by atoms with Crippen LogP contribution in [0.2, 0.25) is 0 Å². The van der Waals surface area contributed by atoms with E-state index in [4.69, 9.17) is 4.74 Å². The highest BCUT2D eigenvalue weighted by Crippen LogP contribution is 2.28. The zero-order valence-corrected chi connectivity index (χ0v) is 8.80. The van der Waals surface area contributed by atoms with Gasteiger partial charge >= 0.3 is 0 Å². The molecule has 0 saturated heterocycles. The quantitative estimate of drug-likeness (QED) is 0.726. The van der Waals surface area contributed by atoms with Gasteiger partial charge in [0, 0.05) is 5.57 Å². The number of nitrogens with zero attached hydrogens (tertiary/aromatic N) is 3. The summed E-state index contributed by atoms with van der Waals surface area (Å²) < 4.78 is 4.87. The van der Waals surface area contributed by atoms with E-state index in [1.54, 1.807) is 13.8 Å². The number of hydrogen-bond acceptors (Lipinski definition) is 5. The Balaban J connectivity index is 2.39. The number of carbonyl (C=O) groups excluding carboxylic acids is 2. The molecule has 84 valence electrons. The molecule has 0 saturated carbocycles. The highest BCUT2D eigenvalue weighted by atomic mass is 16.5. The van der Waals surface area contributed by atoms with Crippen molar-refractivity contribution in [3.8, 4) is 0 Å². The predicted molar refractivity (Wildman–Crippen MR) is 53.2 cm³/mol. The molecule has 0 aliphatic carbocycles. The minimum Gasteiger partial charge on any atom is -0.439 e. The molecular weight excluding hydrogens is 212 g/mol. The van der Waals surface area contributed by atoms with Crippen LogP contribution >= 0.6 is 0 Å². The van der Waals surface area contributed by atoms with E-state index in [1.807, 2.05) is 0 Å². The maximum Gasteiger partial charge on any atom is 0.295 e. The second-order valence-electron chi connectivity index (χ2n) is 3.38. The Labute approximate surface area is 91.1 Å². The zero-order chi connectivity index (χ0) is 11.7. The molecule has 0 radical (unpaired) electrons. The van der Waals surface area contributed by atoms with Crippen molar-refractivity contribution in [2.24, 2.45) is 0 Å². The van der Waals surface area contributed by atoms with Crippen LogP contribution in [0.15, 0.2) is 17.5 Å². The van der Waals surface area contributed by atoms with E-state index in [0.717, 1.165) is 0 Å². The molecule has 7 heteroatoms. The molecule has 1 aromatic heterocycles. The van der Waals surface area contributed by atoms with Crippen LogP contribution in [0, 0.1) is 0 Å². The van der Waals surface area contributed by atoms with Crippen LogP contribution in [-0.2, 0) is 14.3 Å². The summed E-state index contributed by atoms with van der Waals surface area (Å²) in [6.07, 6.45) is 0.543. The molecule has 0 spiro atoms. The van der Waals surface area contributed by atoms with Crippen LogP contribution in [0.3, 0.4) is 0 Å². The molecule has 2 rings (SSSR count). The van der Waals surface area contributed by atoms with Gasteiger partial charge in [-0.15, -0.1) is 0 Å². The van der Waals surface area contributed by atoms with Crippen molar-refractivity contribution < 1.29 is 14.3 Å². The lowest BCUT2D eigenvalue weighted by Gasteiger charge is -2.21. The number of amides is 1. The van der Waals surface area contributed by atoms with Crippen molar-refractivity contribution in [2.45, 2.75) is 20.1 Å². The van der Waals surface area contributed by atoms with E-state index in [0.29, 0.717) is 17.6 Å². The summed E-state index contributed by atoms with van der Waals surface area (Å²) in [5, 5.41) is 6.21. The summed E-state index contributed by atoms with van der Waals surface area (Å²) in [5.74, 6) is 0.00847. The van der Waals surface area contributed by atoms with Gasteiger partial charge in [-0.1, -0.05) is 0 Å². The first kappa shape index (κ1) is 10.3. The van der Waals surface area contributed by atoms with Gasteiger partial charge in [-0.2, -0.15) is 10.1 Å². The van der Waals surface area contributed by atoms with E-state index in [2.05, 4.69) is 15.2 Å². The number of aromatic amines is 1. The summed E-state index contributed by atoms with van der Waals surface area (Å²) in [6, 6.07) is 0. The Morgan fingerprint density at radius 1 is 1.56 bits per heavy atom. The fraction of sp³-hybridized carbons (Fsp3) is 0.333. The fourth-order valence-corrected chi connectivity index (χ4v) is 1.57. The van der Waals surface area contributed by atoms with Crippen LogP contribution < -0.4 is 4.90 Å². The smallest absolute Gasteiger partial charge is 0.295 e. The van der Waals surface area contributed by atoms with Crippen LogP contribution in [0.1, 0.15) is 13.8 Å². The molecule has 1 aliphatic heterocycles. The Kier molecular flexibility index (Phi) is 2.43. The van der Waals surface area contributed by atoms with Crippen LogP contribution in [0.5, 0.6) is 0 Å². The van der Waals surface area contributed by atoms with Gasteiger partial charge in [0.2, 0.25) is 12.2 Å². The van der Waals surface area contributed by atoms with Gasteiger partial charge in [0.15, 0.2) is 0 Å². The monoisotopic (exact) mass is 222 g/mol. The molecule has 1 unspecified atom stereocenters. The van der Waals surface area contributed by atoms with Gasteiger partial charge in [-0.25, -0.2) is 10.00 Å². The number of aromatic nitrogens is 3. The molecule has 1 atom stereocenters. The van der Waals surface area contributed by atoms with Crippen molar-refractivity contribution >= 4 is 18.3 Å². The SMILES string of the molecule is CC1=C(C)C(OC=O)N(c2ncn[nH]2)C1=O. The molecular formula is C9H10N4O3. The lowest BCUT2D eigenvalue weighted by Crippen LogP contribution is -2.38. The van der Waals surface area contributed by atoms with E-state index < -0.39 is 6.23 Å². The third-order valence-electron chi connectivity index (χ3n) is 2.55. The van der Waals surface area contributed by atoms with Crippen molar-refractivity contribution in [1.29, 1.82) is 0 Å². The second-order valence-corrected chi connectivity index (χ2v) is 3.38. The normalized spacial score (nSPS) is 20.5. The van der Waals surface area contributed by atoms with Crippen molar-refractivity contribution in [3.63, 3.8) is 0 Å². The molecule has 1 N–H and O–H groups in total. The number of ether oxygens (including phenoxy) is 1. The maximum atomic E-state index is 11.9. The molecule has 1 aromatic rings. The predicted octanol–water partition coefficient (Wildman–Crippen LogP) is -0.0132. The third kappa shape index (κ3) is 1.37. The first-order chi connectivity index (χ1) is 7.66. The molecule has 1 aliphatic rings. The van der Waals surface area contributed by atoms with E-state index in [9.17, 15) is 9.59 Å². The molecule has 2 heterocycles. The number of H-pyrrole nitrogens is 1. The van der Waals surface area contributed by atoms with Gasteiger partial charge in [-0.05, 0) is 19.4 Å². The fourth-order valence-electron chi connectivity index (χ4n) is 1.57. The average Bonchev–Trinajstić information content (AvgIpc) is 2.85. The first-order valence-corrected chi connectivity index (χ1v) is 4.62. The van der Waals surface area contributed by atoms with E-state index in [-0.39, 0.29) is 11.9 Å². The van der Waals surface area contributed by atoms with Crippen molar-refractivity contribution in [3.05, 3.63) is 17.5 Å². The minimum absolute atomic E-state index is 0.249. The van der Waals surface area contributed by atoms with Crippen molar-refractivity contribution in [1.82, 2.24) is 15.2 Å². The molecule has 16 heavy (non-hydrogen) atoms. The summed E-state index contributed by atoms with van der Waals surface area (Å²) in [6.45, 7) is 3.72. The average molecular weight is 222 g/mol. The van der Waals surface area contributed by atoms with Gasteiger partial charge in [0.1, 0.15) is 6.33 Å². The largest absolute Gasteiger partial charge is 0.439 e. The van der Waals surface area contributed by atoms with Gasteiger partial charge < -0.3 is 4.74 Å². The van der Waals surface area contributed by atoms with Gasteiger partial charge in [0.25, 0.3) is 12.4 Å². The minimum atomic E-state index is -0.738. The molecule has 0 aromatic carbocycles. The van der Waals surface area contributed by atoms with Crippen molar-refractivity contribution in [2.75, 3.05) is 4.90 Å². The number of anilines is 1. The Hall–Kier alpha value is -2.18. The van der Waals surface area contributed by atoms with E-state index >= 15 is 0 Å². The maximum absolute atomic E-state index is 11.9.